The van der Waals surface area contributed by atoms with Crippen molar-refractivity contribution in [2.75, 3.05) is 0 Å². The molecule has 0 saturated carbocycles. The molecule has 0 amide bonds. The molecule has 2 aliphatic heterocycles. The number of rotatable bonds is 0. The van der Waals surface area contributed by atoms with Crippen LogP contribution in [0, 0.1) is 0 Å². The molecule has 3 heterocycles. The fourth-order valence-corrected chi connectivity index (χ4v) is 1.93. The molecule has 1 saturated heterocycles. The molecule has 1 aromatic rings. The van der Waals surface area contributed by atoms with Crippen LogP contribution in [0.25, 0.3) is 11.3 Å². The average molecular weight is 144 g/mol. The van der Waals surface area contributed by atoms with E-state index in [9.17, 15) is 0 Å². The molecule has 0 unspecified atom stereocenters. The lowest BCUT2D eigenvalue weighted by Crippen LogP contribution is -1.89. The summed E-state index contributed by atoms with van der Waals surface area (Å²) in [4.78, 5) is 4.08. The first-order valence-corrected chi connectivity index (χ1v) is 3.63. The molecule has 1 aromatic heterocycles. The molecule has 3 aliphatic rings. The van der Waals surface area contributed by atoms with Gasteiger partial charge in [0.05, 0.1) is 23.9 Å². The zero-order chi connectivity index (χ0) is 7.00. The third kappa shape index (κ3) is 0.301. The Bertz CT molecular complexity index is 412. The van der Waals surface area contributed by atoms with Crippen molar-refractivity contribution in [3.63, 3.8) is 0 Å². The lowest BCUT2D eigenvalue weighted by atomic mass is 10.2. The molecule has 3 heteroatoms. The van der Waals surface area contributed by atoms with Gasteiger partial charge in [0.1, 0.15) is 0 Å². The van der Waals surface area contributed by atoms with E-state index in [4.69, 9.17) is 4.74 Å². The van der Waals surface area contributed by atoms with E-state index in [0.29, 0.717) is 0 Å². The fourth-order valence-electron chi connectivity index (χ4n) is 1.93. The molecule has 2 bridgehead atoms. The SMILES string of the molecule is c1ncn2c1C1=C3OC3=C2C1. The predicted octanol–water partition coefficient (Wildman–Crippen LogP) is 1.21. The number of aromatic nitrogens is 2. The Morgan fingerprint density at radius 2 is 2.45 bits per heavy atom. The number of hydrogen-bond acceptors (Lipinski definition) is 2. The van der Waals surface area contributed by atoms with Crippen LogP contribution in [0.3, 0.4) is 0 Å². The largest absolute Gasteiger partial charge is 0.447 e. The minimum atomic E-state index is 1.06. The molecular formula is C8H4N2O. The topological polar surface area (TPSA) is 30.4 Å². The molecule has 0 aromatic carbocycles. The van der Waals surface area contributed by atoms with E-state index in [1.54, 1.807) is 0 Å². The summed E-state index contributed by atoms with van der Waals surface area (Å²) in [7, 11) is 0. The minimum Gasteiger partial charge on any atom is -0.447 e. The van der Waals surface area contributed by atoms with Crippen molar-refractivity contribution in [1.29, 1.82) is 0 Å². The van der Waals surface area contributed by atoms with Gasteiger partial charge < -0.3 is 4.74 Å². The summed E-state index contributed by atoms with van der Waals surface area (Å²) < 4.78 is 7.40. The predicted molar refractivity (Wildman–Crippen MR) is 38.1 cm³/mol. The van der Waals surface area contributed by atoms with Crippen molar-refractivity contribution in [1.82, 2.24) is 9.55 Å². The number of fused-ring (bicyclic) bond motifs is 6. The highest BCUT2D eigenvalue weighted by Gasteiger charge is 2.46. The maximum absolute atomic E-state index is 5.29. The molecule has 1 fully saturated rings. The molecule has 3 nitrogen and oxygen atoms in total. The molecule has 0 radical (unpaired) electrons. The van der Waals surface area contributed by atoms with Gasteiger partial charge in [0, 0.05) is 12.0 Å². The summed E-state index contributed by atoms with van der Waals surface area (Å²) in [5.74, 6) is 2.22. The van der Waals surface area contributed by atoms with E-state index in [0.717, 1.165) is 17.9 Å². The lowest BCUT2D eigenvalue weighted by molar-refractivity contribution is 0.551. The van der Waals surface area contributed by atoms with Crippen LogP contribution in [0.5, 0.6) is 0 Å². The van der Waals surface area contributed by atoms with Crippen LogP contribution in [0.2, 0.25) is 0 Å². The second kappa shape index (κ2) is 1.03. The van der Waals surface area contributed by atoms with Crippen LogP contribution < -0.4 is 0 Å². The van der Waals surface area contributed by atoms with Gasteiger partial charge in [-0.15, -0.1) is 0 Å². The third-order valence-electron chi connectivity index (χ3n) is 2.49. The first-order valence-electron chi connectivity index (χ1n) is 3.63. The van der Waals surface area contributed by atoms with Gasteiger partial charge in [-0.25, -0.2) is 4.98 Å². The number of allylic oxidation sites excluding steroid dienone is 2. The van der Waals surface area contributed by atoms with Crippen LogP contribution in [0.4, 0.5) is 0 Å². The number of hydrogen-bond donors (Lipinski definition) is 0. The molecule has 0 spiro atoms. The van der Waals surface area contributed by atoms with Gasteiger partial charge in [0.25, 0.3) is 0 Å². The summed E-state index contributed by atoms with van der Waals surface area (Å²) >= 11 is 0. The minimum absolute atomic E-state index is 1.06. The molecule has 0 atom stereocenters. The van der Waals surface area contributed by atoms with Crippen molar-refractivity contribution in [2.24, 2.45) is 0 Å². The zero-order valence-corrected chi connectivity index (χ0v) is 5.66. The summed E-state index contributed by atoms with van der Waals surface area (Å²) in [6.07, 6.45) is 4.80. The van der Waals surface area contributed by atoms with E-state index < -0.39 is 0 Å². The van der Waals surface area contributed by atoms with Gasteiger partial charge in [-0.3, -0.25) is 4.57 Å². The Kier molecular flexibility index (Phi) is 0.411. The quantitative estimate of drug-likeness (QED) is 0.512. The van der Waals surface area contributed by atoms with Gasteiger partial charge in [-0.2, -0.15) is 0 Å². The zero-order valence-electron chi connectivity index (χ0n) is 5.66. The van der Waals surface area contributed by atoms with E-state index in [2.05, 4.69) is 9.55 Å². The van der Waals surface area contributed by atoms with Crippen molar-refractivity contribution >= 4 is 11.3 Å². The van der Waals surface area contributed by atoms with Gasteiger partial charge in [-0.05, 0) is 0 Å². The first-order chi connectivity index (χ1) is 5.45. The van der Waals surface area contributed by atoms with Crippen molar-refractivity contribution in [2.45, 2.75) is 6.42 Å². The average Bonchev–Trinajstić information content (AvgIpc) is 2.46. The van der Waals surface area contributed by atoms with Crippen molar-refractivity contribution in [3.05, 3.63) is 29.7 Å². The van der Waals surface area contributed by atoms with Gasteiger partial charge in [0.2, 0.25) is 0 Å². The van der Waals surface area contributed by atoms with Crippen LogP contribution in [0.1, 0.15) is 12.1 Å². The van der Waals surface area contributed by atoms with Gasteiger partial charge in [-0.1, -0.05) is 0 Å². The van der Waals surface area contributed by atoms with Crippen LogP contribution >= 0.6 is 0 Å². The molecule has 4 rings (SSSR count). The van der Waals surface area contributed by atoms with Crippen LogP contribution in [0.15, 0.2) is 24.0 Å². The standard InChI is InChI=1S/C8H4N2O/c1-4-6-2-9-3-10(6)5(1)8-7(4)11-8/h2-3H,1H2. The van der Waals surface area contributed by atoms with E-state index >= 15 is 0 Å². The molecular weight excluding hydrogens is 140 g/mol. The Balaban J connectivity index is 2.28. The number of nitrogens with zero attached hydrogens (tertiary/aromatic N) is 2. The Labute approximate surface area is 62.6 Å². The van der Waals surface area contributed by atoms with Crippen molar-refractivity contribution < 1.29 is 4.74 Å². The first kappa shape index (κ1) is 4.38. The highest BCUT2D eigenvalue weighted by atomic mass is 16.6. The summed E-state index contributed by atoms with van der Waals surface area (Å²) in [5.41, 5.74) is 3.83. The van der Waals surface area contributed by atoms with E-state index in [1.807, 2.05) is 12.5 Å². The third-order valence-corrected chi connectivity index (χ3v) is 2.49. The monoisotopic (exact) mass is 144 g/mol. The molecule has 11 heavy (non-hydrogen) atoms. The Morgan fingerprint density at radius 1 is 1.45 bits per heavy atom. The number of ether oxygens (including phenoxy) is 1. The molecule has 0 N–H and O–H groups in total. The summed E-state index contributed by atoms with van der Waals surface area (Å²) in [6.45, 7) is 0. The maximum atomic E-state index is 5.29. The smallest absolute Gasteiger partial charge is 0.190 e. The van der Waals surface area contributed by atoms with Crippen LogP contribution in [-0.4, -0.2) is 9.55 Å². The Morgan fingerprint density at radius 3 is 3.45 bits per heavy atom. The highest BCUT2D eigenvalue weighted by molar-refractivity contribution is 5.94. The summed E-state index contributed by atoms with van der Waals surface area (Å²) in [6, 6.07) is 0. The van der Waals surface area contributed by atoms with E-state index in [-0.39, 0.29) is 0 Å². The van der Waals surface area contributed by atoms with Crippen molar-refractivity contribution in [3.8, 4) is 0 Å². The maximum Gasteiger partial charge on any atom is 0.190 e. The number of imidazole rings is 1. The molecule has 52 valence electrons. The van der Waals surface area contributed by atoms with Gasteiger partial charge >= 0.3 is 0 Å². The number of epoxide rings is 1. The second-order valence-corrected chi connectivity index (χ2v) is 3.01. The normalized spacial score (nSPS) is 22.2. The van der Waals surface area contributed by atoms with Gasteiger partial charge in [0.15, 0.2) is 11.5 Å². The second-order valence-electron chi connectivity index (χ2n) is 3.01. The summed E-state index contributed by atoms with van der Waals surface area (Å²) in [5, 5.41) is 0. The fraction of sp³-hybridized carbons (Fsp3) is 0.125. The van der Waals surface area contributed by atoms with Crippen LogP contribution in [-0.2, 0) is 4.74 Å². The van der Waals surface area contributed by atoms with E-state index in [1.165, 1.54) is 17.0 Å². The molecule has 1 aliphatic carbocycles. The Hall–Kier alpha value is -1.51. The lowest BCUT2D eigenvalue weighted by Gasteiger charge is -1.94. The highest BCUT2D eigenvalue weighted by Crippen LogP contribution is 2.56.